The lowest BCUT2D eigenvalue weighted by molar-refractivity contribution is -0.139. The van der Waals surface area contributed by atoms with E-state index in [-0.39, 0.29) is 23.7 Å². The van der Waals surface area contributed by atoms with Crippen molar-refractivity contribution in [2.24, 2.45) is 0 Å². The van der Waals surface area contributed by atoms with Gasteiger partial charge in [0.15, 0.2) is 0 Å². The third-order valence-corrected chi connectivity index (χ3v) is 7.93. The van der Waals surface area contributed by atoms with Crippen LogP contribution in [0.25, 0.3) is 28.2 Å². The van der Waals surface area contributed by atoms with E-state index >= 15 is 0 Å². The molecule has 1 N–H and O–H groups in total. The average Bonchev–Trinajstić information content (AvgIpc) is 3.40. The molecule has 1 amide bonds. The summed E-state index contributed by atoms with van der Waals surface area (Å²) in [5.41, 5.74) is 5.05. The van der Waals surface area contributed by atoms with E-state index in [1.54, 1.807) is 18.4 Å². The van der Waals surface area contributed by atoms with E-state index in [4.69, 9.17) is 9.15 Å². The van der Waals surface area contributed by atoms with E-state index in [1.165, 1.54) is 24.8 Å². The molecule has 3 aliphatic rings. The van der Waals surface area contributed by atoms with Crippen LogP contribution in [0.15, 0.2) is 40.5 Å². The van der Waals surface area contributed by atoms with Crippen LogP contribution in [0.2, 0.25) is 0 Å². The first-order chi connectivity index (χ1) is 17.4. The number of carboxylic acids is 1. The fraction of sp³-hybridized carbons (Fsp3) is 0.448. The first-order valence-electron chi connectivity index (χ1n) is 13.0. The van der Waals surface area contributed by atoms with Crippen molar-refractivity contribution < 1.29 is 23.8 Å². The van der Waals surface area contributed by atoms with Crippen LogP contribution in [0.1, 0.15) is 73.6 Å². The number of aromatic nitrogens is 1. The maximum Gasteiger partial charge on any atom is 0.335 e. The number of morpholine rings is 1. The molecule has 2 fully saturated rings. The lowest BCUT2D eigenvalue weighted by Crippen LogP contribution is -2.48. The fourth-order valence-corrected chi connectivity index (χ4v) is 6.45. The molecule has 2 atom stereocenters. The van der Waals surface area contributed by atoms with Gasteiger partial charge in [-0.25, -0.2) is 4.79 Å². The third-order valence-electron chi connectivity index (χ3n) is 7.93. The highest BCUT2D eigenvalue weighted by molar-refractivity contribution is 6.03. The molecule has 0 bridgehead atoms. The molecule has 188 valence electrons. The number of carbonyl (C=O) groups is 2. The zero-order chi connectivity index (χ0) is 25.0. The lowest BCUT2D eigenvalue weighted by atomic mass is 9.82. The second-order valence-electron chi connectivity index (χ2n) is 10.6. The van der Waals surface area contributed by atoms with Crippen molar-refractivity contribution in [3.63, 3.8) is 0 Å². The molecule has 6 rings (SSSR count). The van der Waals surface area contributed by atoms with Gasteiger partial charge in [-0.05, 0) is 62.4 Å². The molecule has 4 heterocycles. The van der Waals surface area contributed by atoms with Gasteiger partial charge in [-0.2, -0.15) is 0 Å². The number of hydrogen-bond donors (Lipinski definition) is 1. The minimum Gasteiger partial charge on any atom is -0.478 e. The number of carbonyl (C=O) groups excluding carboxylic acids is 1. The van der Waals surface area contributed by atoms with Crippen molar-refractivity contribution in [3.8, 4) is 11.3 Å². The summed E-state index contributed by atoms with van der Waals surface area (Å²) in [4.78, 5) is 27.6. The number of hydrogen-bond acceptors (Lipinski definition) is 4. The summed E-state index contributed by atoms with van der Waals surface area (Å²) in [7, 11) is 0. The molecule has 0 unspecified atom stereocenters. The topological polar surface area (TPSA) is 84.9 Å². The maximum absolute atomic E-state index is 13.8. The van der Waals surface area contributed by atoms with E-state index < -0.39 is 5.97 Å². The molecule has 2 aromatic heterocycles. The van der Waals surface area contributed by atoms with E-state index in [0.29, 0.717) is 36.9 Å². The minimum absolute atomic E-state index is 0.0253. The minimum atomic E-state index is -0.951. The highest BCUT2D eigenvalue weighted by atomic mass is 16.5. The Kier molecular flexibility index (Phi) is 5.75. The smallest absolute Gasteiger partial charge is 0.335 e. The Labute approximate surface area is 210 Å². The zero-order valence-electron chi connectivity index (χ0n) is 20.8. The molecule has 1 saturated carbocycles. The van der Waals surface area contributed by atoms with Gasteiger partial charge < -0.3 is 23.7 Å². The summed E-state index contributed by atoms with van der Waals surface area (Å²) >= 11 is 0. The molecule has 2 aliphatic heterocycles. The monoisotopic (exact) mass is 488 g/mol. The van der Waals surface area contributed by atoms with Gasteiger partial charge in [0.1, 0.15) is 5.76 Å². The molecule has 3 aromatic rings. The predicted molar refractivity (Wildman–Crippen MR) is 137 cm³/mol. The summed E-state index contributed by atoms with van der Waals surface area (Å²) in [5, 5.41) is 10.8. The Morgan fingerprint density at radius 2 is 1.78 bits per heavy atom. The van der Waals surface area contributed by atoms with Gasteiger partial charge in [0.25, 0.3) is 5.91 Å². The number of ether oxygens (including phenoxy) is 1. The highest BCUT2D eigenvalue weighted by Crippen LogP contribution is 2.46. The maximum atomic E-state index is 13.8. The molecular weight excluding hydrogens is 456 g/mol. The summed E-state index contributed by atoms with van der Waals surface area (Å²) in [6.07, 6.45) is 9.38. The summed E-state index contributed by atoms with van der Waals surface area (Å²) in [6, 6.07) is 7.40. The molecular formula is C29H32N2O5. The van der Waals surface area contributed by atoms with Crippen molar-refractivity contribution in [2.75, 3.05) is 13.1 Å². The summed E-state index contributed by atoms with van der Waals surface area (Å²) in [6.45, 7) is 5.43. The molecule has 1 aliphatic carbocycles. The molecule has 7 heteroatoms. The Balaban J connectivity index is 1.53. The first-order valence-corrected chi connectivity index (χ1v) is 13.0. The molecule has 0 radical (unpaired) electrons. The van der Waals surface area contributed by atoms with Crippen LogP contribution < -0.4 is 0 Å². The largest absolute Gasteiger partial charge is 0.478 e. The van der Waals surface area contributed by atoms with Gasteiger partial charge in [-0.1, -0.05) is 25.3 Å². The Bertz CT molecular complexity index is 1360. The van der Waals surface area contributed by atoms with Crippen LogP contribution in [0, 0.1) is 0 Å². The lowest BCUT2D eigenvalue weighted by Gasteiger charge is -2.35. The Morgan fingerprint density at radius 1 is 1.03 bits per heavy atom. The summed E-state index contributed by atoms with van der Waals surface area (Å²) < 4.78 is 13.9. The zero-order valence-corrected chi connectivity index (χ0v) is 20.8. The summed E-state index contributed by atoms with van der Waals surface area (Å²) in [5.74, 6) is 0.106. The van der Waals surface area contributed by atoms with Gasteiger partial charge in [-0.15, -0.1) is 0 Å². The van der Waals surface area contributed by atoms with Crippen LogP contribution in [0.3, 0.4) is 0 Å². The quantitative estimate of drug-likeness (QED) is 0.513. The number of nitrogens with zero attached hydrogens (tertiary/aromatic N) is 2. The molecule has 1 aromatic carbocycles. The Hall–Kier alpha value is -3.32. The average molecular weight is 489 g/mol. The van der Waals surface area contributed by atoms with Crippen LogP contribution >= 0.6 is 0 Å². The first kappa shape index (κ1) is 23.1. The number of benzene rings is 1. The molecule has 0 spiro atoms. The van der Waals surface area contributed by atoms with Crippen LogP contribution in [-0.4, -0.2) is 51.7 Å². The van der Waals surface area contributed by atoms with Crippen molar-refractivity contribution in [1.29, 1.82) is 0 Å². The van der Waals surface area contributed by atoms with Crippen molar-refractivity contribution in [2.45, 2.75) is 70.6 Å². The van der Waals surface area contributed by atoms with Crippen LogP contribution in [-0.2, 0) is 16.1 Å². The van der Waals surface area contributed by atoms with Gasteiger partial charge in [-0.3, -0.25) is 4.79 Å². The van der Waals surface area contributed by atoms with Crippen molar-refractivity contribution >= 4 is 28.9 Å². The van der Waals surface area contributed by atoms with Gasteiger partial charge in [0.2, 0.25) is 0 Å². The van der Waals surface area contributed by atoms with Gasteiger partial charge in [0.05, 0.1) is 36.3 Å². The van der Waals surface area contributed by atoms with E-state index in [0.717, 1.165) is 35.0 Å². The predicted octanol–water partition coefficient (Wildman–Crippen LogP) is 5.68. The van der Waals surface area contributed by atoms with Crippen molar-refractivity contribution in [1.82, 2.24) is 9.47 Å². The number of amides is 1. The molecule has 1 saturated heterocycles. The third kappa shape index (κ3) is 3.86. The van der Waals surface area contributed by atoms with E-state index in [2.05, 4.69) is 4.57 Å². The second-order valence-corrected chi connectivity index (χ2v) is 10.6. The normalized spacial score (nSPS) is 22.6. The van der Waals surface area contributed by atoms with Crippen LogP contribution in [0.4, 0.5) is 0 Å². The van der Waals surface area contributed by atoms with Gasteiger partial charge >= 0.3 is 5.97 Å². The number of aromatic carboxylic acids is 1. The molecule has 7 nitrogen and oxygen atoms in total. The number of carboxylic acid groups (broad SMARTS) is 1. The Morgan fingerprint density at radius 3 is 2.50 bits per heavy atom. The van der Waals surface area contributed by atoms with E-state index in [1.807, 2.05) is 37.0 Å². The van der Waals surface area contributed by atoms with Gasteiger partial charge in [0, 0.05) is 35.1 Å². The highest BCUT2D eigenvalue weighted by Gasteiger charge is 2.33. The molecule has 36 heavy (non-hydrogen) atoms. The number of fused-ring (bicyclic) bond motifs is 5. The fourth-order valence-electron chi connectivity index (χ4n) is 6.45. The van der Waals surface area contributed by atoms with E-state index in [9.17, 15) is 14.7 Å². The number of furan rings is 1. The standard InChI is InChI=1S/C29H32N2O5/c1-17-14-30(15-18(2)36-17)28(32)21-13-25-23(10-11-35-25)27-26(19-6-4-3-5-7-19)22-9-8-20(29(33)34)12-24(22)31(27)16-21/h8-13,17-19H,3-7,14-16H2,1-2H3,(H,33,34)/t17-,18+. The SMILES string of the molecule is C[C@@H]1CN(C(=O)C2=Cc3occc3-c3c(C4CCCCC4)c4ccc(C(=O)O)cc4n3C2)C[C@H](C)O1. The van der Waals surface area contributed by atoms with Crippen LogP contribution in [0.5, 0.6) is 0 Å². The second kappa shape index (κ2) is 8.96. The van der Waals surface area contributed by atoms with Crippen molar-refractivity contribution in [3.05, 3.63) is 53.0 Å². The number of rotatable bonds is 3.